The lowest BCUT2D eigenvalue weighted by Gasteiger charge is -2.25. The van der Waals surface area contributed by atoms with Gasteiger partial charge in [-0.25, -0.2) is 0 Å². The van der Waals surface area contributed by atoms with Gasteiger partial charge in [-0.05, 0) is 37.3 Å². The highest BCUT2D eigenvalue weighted by atomic mass is 35.5. The molecule has 1 unspecified atom stereocenters. The molecule has 0 heterocycles. The van der Waals surface area contributed by atoms with E-state index in [0.29, 0.717) is 22.1 Å². The predicted molar refractivity (Wildman–Crippen MR) is 73.5 cm³/mol. The Balaban J connectivity index is 1.95. The molecule has 0 saturated heterocycles. The van der Waals surface area contributed by atoms with E-state index in [9.17, 15) is 4.21 Å². The molecule has 1 fully saturated rings. The van der Waals surface area contributed by atoms with E-state index in [2.05, 4.69) is 0 Å². The van der Waals surface area contributed by atoms with E-state index in [1.54, 1.807) is 0 Å². The first-order valence-corrected chi connectivity index (χ1v) is 7.79. The van der Waals surface area contributed by atoms with Crippen LogP contribution in [-0.4, -0.2) is 15.5 Å². The van der Waals surface area contributed by atoms with Gasteiger partial charge in [0.05, 0.1) is 5.75 Å². The third kappa shape index (κ3) is 3.54. The van der Waals surface area contributed by atoms with E-state index in [4.69, 9.17) is 17.3 Å². The average molecular weight is 272 g/mol. The minimum absolute atomic E-state index is 0.297. The number of rotatable bonds is 3. The summed E-state index contributed by atoms with van der Waals surface area (Å²) in [5.41, 5.74) is 6.84. The van der Waals surface area contributed by atoms with E-state index in [1.807, 2.05) is 24.3 Å². The Hall–Kier alpha value is -0.380. The van der Waals surface area contributed by atoms with Crippen molar-refractivity contribution in [3.05, 3.63) is 34.9 Å². The highest BCUT2D eigenvalue weighted by Crippen LogP contribution is 2.25. The summed E-state index contributed by atoms with van der Waals surface area (Å²) in [6.07, 6.45) is 3.97. The maximum Gasteiger partial charge on any atom is 0.0503 e. The van der Waals surface area contributed by atoms with Crippen molar-refractivity contribution >= 4 is 22.4 Å². The SMILES string of the molecule is NC1CCC(S(=O)Cc2ccccc2Cl)CC1. The minimum atomic E-state index is -0.823. The van der Waals surface area contributed by atoms with Crippen LogP contribution < -0.4 is 5.73 Å². The van der Waals surface area contributed by atoms with Crippen molar-refractivity contribution in [2.75, 3.05) is 0 Å². The number of hydrogen-bond donors (Lipinski definition) is 1. The zero-order valence-electron chi connectivity index (χ0n) is 9.77. The Bertz CT molecular complexity index is 402. The minimum Gasteiger partial charge on any atom is -0.328 e. The number of benzene rings is 1. The summed E-state index contributed by atoms with van der Waals surface area (Å²) in [5.74, 6) is 0.569. The van der Waals surface area contributed by atoms with Crippen LogP contribution in [0.2, 0.25) is 5.02 Å². The van der Waals surface area contributed by atoms with Crippen LogP contribution in [0.4, 0.5) is 0 Å². The molecule has 0 bridgehead atoms. The standard InChI is InChI=1S/C13H18ClNOS/c14-13-4-2-1-3-10(13)9-17(16)12-7-5-11(15)6-8-12/h1-4,11-12H,5-9,15H2. The van der Waals surface area contributed by atoms with Crippen molar-refractivity contribution in [2.24, 2.45) is 5.73 Å². The lowest BCUT2D eigenvalue weighted by atomic mass is 9.96. The summed E-state index contributed by atoms with van der Waals surface area (Å²) in [6.45, 7) is 0. The zero-order valence-corrected chi connectivity index (χ0v) is 11.3. The van der Waals surface area contributed by atoms with Crippen molar-refractivity contribution in [1.29, 1.82) is 0 Å². The Labute approximate surface area is 110 Å². The molecule has 17 heavy (non-hydrogen) atoms. The molecule has 0 aromatic heterocycles. The second-order valence-corrected chi connectivity index (χ2v) is 6.78. The van der Waals surface area contributed by atoms with Gasteiger partial charge in [-0.15, -0.1) is 0 Å². The molecule has 1 atom stereocenters. The third-order valence-electron chi connectivity index (χ3n) is 3.35. The van der Waals surface area contributed by atoms with Crippen LogP contribution in [0.3, 0.4) is 0 Å². The maximum atomic E-state index is 12.2. The highest BCUT2D eigenvalue weighted by Gasteiger charge is 2.23. The van der Waals surface area contributed by atoms with Gasteiger partial charge in [0.1, 0.15) is 0 Å². The first-order valence-electron chi connectivity index (χ1n) is 6.03. The Morgan fingerprint density at radius 3 is 2.53 bits per heavy atom. The van der Waals surface area contributed by atoms with E-state index in [1.165, 1.54) is 0 Å². The lowest BCUT2D eigenvalue weighted by molar-refractivity contribution is 0.444. The molecule has 1 aromatic carbocycles. The van der Waals surface area contributed by atoms with Crippen molar-refractivity contribution in [3.8, 4) is 0 Å². The van der Waals surface area contributed by atoms with Crippen LogP contribution in [0.25, 0.3) is 0 Å². The van der Waals surface area contributed by atoms with Crippen LogP contribution >= 0.6 is 11.6 Å². The van der Waals surface area contributed by atoms with Gasteiger partial charge < -0.3 is 5.73 Å². The fourth-order valence-electron chi connectivity index (χ4n) is 2.24. The van der Waals surface area contributed by atoms with E-state index < -0.39 is 10.8 Å². The van der Waals surface area contributed by atoms with Gasteiger partial charge in [-0.2, -0.15) is 0 Å². The first-order chi connectivity index (χ1) is 8.16. The molecule has 1 aromatic rings. The lowest BCUT2D eigenvalue weighted by Crippen LogP contribution is -2.31. The number of nitrogens with two attached hydrogens (primary N) is 1. The molecule has 2 rings (SSSR count). The molecule has 0 spiro atoms. The molecular weight excluding hydrogens is 254 g/mol. The van der Waals surface area contributed by atoms with Crippen LogP contribution in [0.15, 0.2) is 24.3 Å². The van der Waals surface area contributed by atoms with Gasteiger partial charge in [0.25, 0.3) is 0 Å². The number of halogens is 1. The molecule has 1 aliphatic rings. The monoisotopic (exact) mass is 271 g/mol. The first kappa shape index (κ1) is 13.1. The average Bonchev–Trinajstić information content (AvgIpc) is 2.33. The molecule has 2 N–H and O–H groups in total. The Morgan fingerprint density at radius 1 is 1.24 bits per heavy atom. The summed E-state index contributed by atoms with van der Waals surface area (Å²) >= 11 is 6.08. The fraction of sp³-hybridized carbons (Fsp3) is 0.538. The summed E-state index contributed by atoms with van der Waals surface area (Å²) in [5, 5.41) is 1.01. The smallest absolute Gasteiger partial charge is 0.0503 e. The van der Waals surface area contributed by atoms with Gasteiger partial charge in [-0.3, -0.25) is 4.21 Å². The Kier molecular flexibility index (Phi) is 4.60. The van der Waals surface area contributed by atoms with E-state index in [0.717, 1.165) is 31.2 Å². The molecule has 1 aliphatic carbocycles. The van der Waals surface area contributed by atoms with Gasteiger partial charge in [0.2, 0.25) is 0 Å². The second-order valence-electron chi connectivity index (χ2n) is 4.65. The zero-order chi connectivity index (χ0) is 12.3. The predicted octanol–water partition coefficient (Wildman–Crippen LogP) is 2.86. The molecule has 0 amide bonds. The molecule has 0 aliphatic heterocycles. The van der Waals surface area contributed by atoms with Crippen LogP contribution in [0.1, 0.15) is 31.2 Å². The molecule has 94 valence electrons. The van der Waals surface area contributed by atoms with E-state index in [-0.39, 0.29) is 0 Å². The molecule has 1 saturated carbocycles. The van der Waals surface area contributed by atoms with Gasteiger partial charge in [0.15, 0.2) is 0 Å². The summed E-state index contributed by atoms with van der Waals surface area (Å²) in [6, 6.07) is 7.95. The van der Waals surface area contributed by atoms with E-state index >= 15 is 0 Å². The Morgan fingerprint density at radius 2 is 1.88 bits per heavy atom. The van der Waals surface area contributed by atoms with Crippen molar-refractivity contribution in [2.45, 2.75) is 42.7 Å². The van der Waals surface area contributed by atoms with Crippen molar-refractivity contribution < 1.29 is 4.21 Å². The third-order valence-corrected chi connectivity index (χ3v) is 5.53. The van der Waals surface area contributed by atoms with Crippen LogP contribution in [0.5, 0.6) is 0 Å². The molecule has 2 nitrogen and oxygen atoms in total. The fourth-order valence-corrected chi connectivity index (χ4v) is 4.11. The second kappa shape index (κ2) is 5.98. The van der Waals surface area contributed by atoms with Crippen molar-refractivity contribution in [3.63, 3.8) is 0 Å². The molecular formula is C13H18ClNOS. The summed E-state index contributed by atoms with van der Waals surface area (Å²) in [7, 11) is -0.823. The largest absolute Gasteiger partial charge is 0.328 e. The van der Waals surface area contributed by atoms with Crippen molar-refractivity contribution in [1.82, 2.24) is 0 Å². The summed E-state index contributed by atoms with van der Waals surface area (Å²) in [4.78, 5) is 0. The summed E-state index contributed by atoms with van der Waals surface area (Å²) < 4.78 is 12.2. The normalized spacial score (nSPS) is 26.7. The van der Waals surface area contributed by atoms with Crippen LogP contribution in [0, 0.1) is 0 Å². The number of hydrogen-bond acceptors (Lipinski definition) is 2. The molecule has 0 radical (unpaired) electrons. The highest BCUT2D eigenvalue weighted by molar-refractivity contribution is 7.84. The van der Waals surface area contributed by atoms with Gasteiger partial charge >= 0.3 is 0 Å². The quantitative estimate of drug-likeness (QED) is 0.919. The van der Waals surface area contributed by atoms with Gasteiger partial charge in [-0.1, -0.05) is 29.8 Å². The maximum absolute atomic E-state index is 12.2. The van der Waals surface area contributed by atoms with Crippen LogP contribution in [-0.2, 0) is 16.6 Å². The van der Waals surface area contributed by atoms with Gasteiger partial charge in [0, 0.05) is 27.1 Å². The molecule has 4 heteroatoms. The topological polar surface area (TPSA) is 43.1 Å².